The third kappa shape index (κ3) is 3.66. The molecule has 0 radical (unpaired) electrons. The van der Waals surface area contributed by atoms with Crippen LogP contribution in [0.2, 0.25) is 0 Å². The van der Waals surface area contributed by atoms with E-state index in [0.29, 0.717) is 16.8 Å². The number of hydrogen-bond donors (Lipinski definition) is 1. The summed E-state index contributed by atoms with van der Waals surface area (Å²) < 4.78 is 42.6. The quantitative estimate of drug-likeness (QED) is 0.658. The molecular weight excluding hydrogens is 332 g/mol. The molecular formula is C16H16N2O5S. The predicted molar refractivity (Wildman–Crippen MR) is 87.7 cm³/mol. The van der Waals surface area contributed by atoms with E-state index in [4.69, 9.17) is 13.9 Å². The summed E-state index contributed by atoms with van der Waals surface area (Å²) >= 11 is 0. The van der Waals surface area contributed by atoms with Crippen LogP contribution in [0.1, 0.15) is 0 Å². The number of aromatic nitrogens is 1. The Morgan fingerprint density at radius 1 is 1.12 bits per heavy atom. The largest absolute Gasteiger partial charge is 0.497 e. The zero-order chi connectivity index (χ0) is 17.0. The summed E-state index contributed by atoms with van der Waals surface area (Å²) in [4.78, 5) is 4.07. The summed E-state index contributed by atoms with van der Waals surface area (Å²) in [5, 5.41) is 0. The van der Waals surface area contributed by atoms with Crippen LogP contribution in [-0.2, 0) is 10.0 Å². The van der Waals surface area contributed by atoms with Gasteiger partial charge in [-0.15, -0.1) is 0 Å². The van der Waals surface area contributed by atoms with E-state index >= 15 is 0 Å². The van der Waals surface area contributed by atoms with Crippen LogP contribution < -0.4 is 14.2 Å². The molecule has 126 valence electrons. The van der Waals surface area contributed by atoms with E-state index in [0.717, 1.165) is 5.75 Å². The van der Waals surface area contributed by atoms with Crippen molar-refractivity contribution in [2.24, 2.45) is 0 Å². The molecule has 1 heterocycles. The second-order valence-corrected chi connectivity index (χ2v) is 6.67. The molecule has 24 heavy (non-hydrogen) atoms. The molecule has 0 bridgehead atoms. The summed E-state index contributed by atoms with van der Waals surface area (Å²) in [6.07, 6.45) is 1.27. The smallest absolute Gasteiger partial charge is 0.240 e. The molecule has 1 N–H and O–H groups in total. The maximum absolute atomic E-state index is 12.2. The van der Waals surface area contributed by atoms with Crippen molar-refractivity contribution < 1.29 is 22.3 Å². The molecule has 0 spiro atoms. The van der Waals surface area contributed by atoms with Crippen molar-refractivity contribution in [2.75, 3.05) is 20.3 Å². The Labute approximate surface area is 139 Å². The minimum atomic E-state index is -3.63. The summed E-state index contributed by atoms with van der Waals surface area (Å²) in [6, 6.07) is 11.6. The van der Waals surface area contributed by atoms with Crippen LogP contribution in [0.4, 0.5) is 0 Å². The van der Waals surface area contributed by atoms with Gasteiger partial charge in [0, 0.05) is 12.6 Å². The number of oxazole rings is 1. The van der Waals surface area contributed by atoms with Crippen molar-refractivity contribution in [3.63, 3.8) is 0 Å². The number of benzene rings is 2. The van der Waals surface area contributed by atoms with Gasteiger partial charge in [0.2, 0.25) is 10.0 Å². The molecule has 0 saturated heterocycles. The molecule has 1 aromatic heterocycles. The lowest BCUT2D eigenvalue weighted by molar-refractivity contribution is 0.322. The molecule has 3 aromatic rings. The molecule has 0 unspecified atom stereocenters. The standard InChI is InChI=1S/C16H16N2O5S/c1-21-12-2-4-13(5-3-12)22-9-8-18-24(19,20)14-6-7-15-16(10-14)23-11-17-15/h2-7,10-11,18H,8-9H2,1H3. The molecule has 3 rings (SSSR count). The van der Waals surface area contributed by atoms with Crippen LogP contribution in [0.15, 0.2) is 58.2 Å². The average Bonchev–Trinajstić information content (AvgIpc) is 3.07. The lowest BCUT2D eigenvalue weighted by Crippen LogP contribution is -2.28. The van der Waals surface area contributed by atoms with Gasteiger partial charge in [0.05, 0.1) is 12.0 Å². The van der Waals surface area contributed by atoms with E-state index < -0.39 is 10.0 Å². The summed E-state index contributed by atoms with van der Waals surface area (Å²) in [7, 11) is -2.05. The second kappa shape index (κ2) is 6.90. The van der Waals surface area contributed by atoms with Crippen LogP contribution in [0.5, 0.6) is 11.5 Å². The van der Waals surface area contributed by atoms with E-state index in [1.807, 2.05) is 0 Å². The van der Waals surface area contributed by atoms with Gasteiger partial charge in [-0.3, -0.25) is 0 Å². The number of methoxy groups -OCH3 is 1. The number of nitrogens with zero attached hydrogens (tertiary/aromatic N) is 1. The highest BCUT2D eigenvalue weighted by Crippen LogP contribution is 2.18. The van der Waals surface area contributed by atoms with Gasteiger partial charge in [-0.2, -0.15) is 0 Å². The third-order valence-electron chi connectivity index (χ3n) is 3.34. The molecule has 0 fully saturated rings. The molecule has 0 atom stereocenters. The van der Waals surface area contributed by atoms with Crippen molar-refractivity contribution in [2.45, 2.75) is 4.90 Å². The Bertz CT molecular complexity index is 919. The first kappa shape index (κ1) is 16.3. The number of fused-ring (bicyclic) bond motifs is 1. The van der Waals surface area contributed by atoms with Gasteiger partial charge in [0.25, 0.3) is 0 Å². The Balaban J connectivity index is 1.56. The van der Waals surface area contributed by atoms with Gasteiger partial charge in [-0.25, -0.2) is 18.1 Å². The van der Waals surface area contributed by atoms with Crippen LogP contribution >= 0.6 is 0 Å². The third-order valence-corrected chi connectivity index (χ3v) is 4.79. The SMILES string of the molecule is COc1ccc(OCCNS(=O)(=O)c2ccc3ncoc3c2)cc1. The number of ether oxygens (including phenoxy) is 2. The molecule has 8 heteroatoms. The van der Waals surface area contributed by atoms with Gasteiger partial charge in [0.15, 0.2) is 12.0 Å². The van der Waals surface area contributed by atoms with E-state index in [1.54, 1.807) is 37.4 Å². The highest BCUT2D eigenvalue weighted by atomic mass is 32.2. The maximum atomic E-state index is 12.2. The minimum absolute atomic E-state index is 0.121. The maximum Gasteiger partial charge on any atom is 0.240 e. The normalized spacial score (nSPS) is 11.5. The van der Waals surface area contributed by atoms with Gasteiger partial charge in [0.1, 0.15) is 23.6 Å². The molecule has 0 aliphatic carbocycles. The van der Waals surface area contributed by atoms with E-state index in [1.165, 1.54) is 18.5 Å². The van der Waals surface area contributed by atoms with Crippen molar-refractivity contribution in [1.82, 2.24) is 9.71 Å². The van der Waals surface area contributed by atoms with Crippen molar-refractivity contribution in [1.29, 1.82) is 0 Å². The number of rotatable bonds is 7. The Kier molecular flexibility index (Phi) is 4.68. The van der Waals surface area contributed by atoms with Gasteiger partial charge >= 0.3 is 0 Å². The lowest BCUT2D eigenvalue weighted by Gasteiger charge is -2.09. The van der Waals surface area contributed by atoms with Gasteiger partial charge < -0.3 is 13.9 Å². The van der Waals surface area contributed by atoms with Crippen molar-refractivity contribution in [3.05, 3.63) is 48.9 Å². The van der Waals surface area contributed by atoms with Crippen LogP contribution in [0, 0.1) is 0 Å². The fourth-order valence-electron chi connectivity index (χ4n) is 2.10. The number of hydrogen-bond acceptors (Lipinski definition) is 6. The van der Waals surface area contributed by atoms with E-state index in [-0.39, 0.29) is 18.0 Å². The monoisotopic (exact) mass is 348 g/mol. The fraction of sp³-hybridized carbons (Fsp3) is 0.188. The molecule has 0 saturated carbocycles. The Hall–Kier alpha value is -2.58. The summed E-state index contributed by atoms with van der Waals surface area (Å²) in [5.41, 5.74) is 1.03. The van der Waals surface area contributed by atoms with Gasteiger partial charge in [-0.05, 0) is 36.4 Å². The van der Waals surface area contributed by atoms with Crippen molar-refractivity contribution >= 4 is 21.1 Å². The summed E-state index contributed by atoms with van der Waals surface area (Å²) in [6.45, 7) is 0.346. The first-order chi connectivity index (χ1) is 11.6. The number of nitrogens with one attached hydrogen (secondary N) is 1. The average molecular weight is 348 g/mol. The highest BCUT2D eigenvalue weighted by molar-refractivity contribution is 7.89. The topological polar surface area (TPSA) is 90.7 Å². The first-order valence-electron chi connectivity index (χ1n) is 7.18. The zero-order valence-electron chi connectivity index (χ0n) is 12.9. The van der Waals surface area contributed by atoms with Crippen molar-refractivity contribution in [3.8, 4) is 11.5 Å². The van der Waals surface area contributed by atoms with Crippen LogP contribution in [0.3, 0.4) is 0 Å². The fourth-order valence-corrected chi connectivity index (χ4v) is 3.13. The predicted octanol–water partition coefficient (Wildman–Crippen LogP) is 2.19. The molecule has 0 aliphatic rings. The Morgan fingerprint density at radius 2 is 1.88 bits per heavy atom. The first-order valence-corrected chi connectivity index (χ1v) is 8.66. The van der Waals surface area contributed by atoms with Crippen LogP contribution in [0.25, 0.3) is 11.1 Å². The second-order valence-electron chi connectivity index (χ2n) is 4.90. The Morgan fingerprint density at radius 3 is 2.62 bits per heavy atom. The highest BCUT2D eigenvalue weighted by Gasteiger charge is 2.15. The zero-order valence-corrected chi connectivity index (χ0v) is 13.7. The molecule has 0 aliphatic heterocycles. The molecule has 0 amide bonds. The van der Waals surface area contributed by atoms with Crippen LogP contribution in [-0.4, -0.2) is 33.7 Å². The molecule has 7 nitrogen and oxygen atoms in total. The minimum Gasteiger partial charge on any atom is -0.497 e. The van der Waals surface area contributed by atoms with E-state index in [2.05, 4.69) is 9.71 Å². The van der Waals surface area contributed by atoms with Gasteiger partial charge in [-0.1, -0.05) is 0 Å². The van der Waals surface area contributed by atoms with E-state index in [9.17, 15) is 8.42 Å². The number of sulfonamides is 1. The lowest BCUT2D eigenvalue weighted by atomic mass is 10.3. The molecule has 2 aromatic carbocycles. The summed E-state index contributed by atoms with van der Waals surface area (Å²) in [5.74, 6) is 1.36.